The zero-order valence-corrected chi connectivity index (χ0v) is 9.76. The fourth-order valence-corrected chi connectivity index (χ4v) is 2.60. The van der Waals surface area contributed by atoms with Crippen molar-refractivity contribution in [3.63, 3.8) is 0 Å². The van der Waals surface area contributed by atoms with Gasteiger partial charge in [0.05, 0.1) is 6.10 Å². The Bertz CT molecular complexity index is 354. The Morgan fingerprint density at radius 3 is 3.00 bits per heavy atom. The SMILES string of the molecule is CC1CCC(C(O)Cc2cnccc2N)C1. The molecule has 1 aromatic heterocycles. The molecule has 3 nitrogen and oxygen atoms in total. The van der Waals surface area contributed by atoms with Crippen LogP contribution in [-0.2, 0) is 6.42 Å². The molecule has 1 aliphatic carbocycles. The molecule has 0 radical (unpaired) electrons. The lowest BCUT2D eigenvalue weighted by molar-refractivity contribution is 0.109. The summed E-state index contributed by atoms with van der Waals surface area (Å²) < 4.78 is 0. The highest BCUT2D eigenvalue weighted by Crippen LogP contribution is 2.33. The van der Waals surface area contributed by atoms with E-state index in [1.165, 1.54) is 6.42 Å². The van der Waals surface area contributed by atoms with Crippen LogP contribution in [0.5, 0.6) is 0 Å². The number of aliphatic hydroxyl groups is 1. The first-order chi connectivity index (χ1) is 7.66. The molecule has 1 saturated carbocycles. The highest BCUT2D eigenvalue weighted by Gasteiger charge is 2.27. The number of pyridine rings is 1. The van der Waals surface area contributed by atoms with Gasteiger partial charge in [0.1, 0.15) is 0 Å². The van der Waals surface area contributed by atoms with Crippen molar-refractivity contribution in [1.82, 2.24) is 4.98 Å². The fourth-order valence-electron chi connectivity index (χ4n) is 2.60. The zero-order chi connectivity index (χ0) is 11.5. The van der Waals surface area contributed by atoms with E-state index in [0.717, 1.165) is 30.0 Å². The molecule has 0 aromatic carbocycles. The average molecular weight is 220 g/mol. The van der Waals surface area contributed by atoms with Gasteiger partial charge in [0.2, 0.25) is 0 Å². The summed E-state index contributed by atoms with van der Waals surface area (Å²) in [5.41, 5.74) is 7.55. The van der Waals surface area contributed by atoms with Crippen LogP contribution in [0.15, 0.2) is 18.5 Å². The summed E-state index contributed by atoms with van der Waals surface area (Å²) in [6.45, 7) is 2.26. The van der Waals surface area contributed by atoms with Crippen molar-refractivity contribution in [3.05, 3.63) is 24.0 Å². The second kappa shape index (κ2) is 4.83. The van der Waals surface area contributed by atoms with Gasteiger partial charge in [0.25, 0.3) is 0 Å². The highest BCUT2D eigenvalue weighted by molar-refractivity contribution is 5.44. The number of anilines is 1. The number of hydrogen-bond acceptors (Lipinski definition) is 3. The van der Waals surface area contributed by atoms with Gasteiger partial charge in [0.15, 0.2) is 0 Å². The summed E-state index contributed by atoms with van der Waals surface area (Å²) in [6.07, 6.45) is 7.33. The van der Waals surface area contributed by atoms with Crippen LogP contribution >= 0.6 is 0 Å². The molecule has 3 atom stereocenters. The molecule has 0 bridgehead atoms. The Morgan fingerprint density at radius 2 is 2.38 bits per heavy atom. The number of aliphatic hydroxyl groups excluding tert-OH is 1. The van der Waals surface area contributed by atoms with Crippen LogP contribution in [0.1, 0.15) is 31.7 Å². The summed E-state index contributed by atoms with van der Waals surface area (Å²) in [5, 5.41) is 10.2. The molecular weight excluding hydrogens is 200 g/mol. The third kappa shape index (κ3) is 2.53. The van der Waals surface area contributed by atoms with Crippen molar-refractivity contribution in [3.8, 4) is 0 Å². The smallest absolute Gasteiger partial charge is 0.0610 e. The zero-order valence-electron chi connectivity index (χ0n) is 9.76. The molecule has 16 heavy (non-hydrogen) atoms. The van der Waals surface area contributed by atoms with E-state index in [2.05, 4.69) is 11.9 Å². The quantitative estimate of drug-likeness (QED) is 0.819. The van der Waals surface area contributed by atoms with E-state index in [-0.39, 0.29) is 6.10 Å². The molecule has 1 aromatic rings. The van der Waals surface area contributed by atoms with Gasteiger partial charge >= 0.3 is 0 Å². The van der Waals surface area contributed by atoms with Crippen LogP contribution < -0.4 is 5.73 Å². The number of nitrogen functional groups attached to an aromatic ring is 1. The van der Waals surface area contributed by atoms with Crippen LogP contribution in [0.3, 0.4) is 0 Å². The Labute approximate surface area is 96.7 Å². The van der Waals surface area contributed by atoms with E-state index >= 15 is 0 Å². The molecule has 3 heteroatoms. The second-order valence-corrected chi connectivity index (χ2v) is 5.02. The van der Waals surface area contributed by atoms with Gasteiger partial charge in [-0.25, -0.2) is 0 Å². The van der Waals surface area contributed by atoms with Gasteiger partial charge in [-0.1, -0.05) is 13.3 Å². The van der Waals surface area contributed by atoms with Crippen molar-refractivity contribution in [2.24, 2.45) is 11.8 Å². The largest absolute Gasteiger partial charge is 0.398 e. The van der Waals surface area contributed by atoms with Crippen molar-refractivity contribution in [2.45, 2.75) is 38.7 Å². The number of hydrogen-bond donors (Lipinski definition) is 2. The molecule has 1 fully saturated rings. The van der Waals surface area contributed by atoms with Gasteiger partial charge in [0, 0.05) is 24.5 Å². The van der Waals surface area contributed by atoms with Gasteiger partial charge in [-0.15, -0.1) is 0 Å². The topological polar surface area (TPSA) is 59.1 Å². The standard InChI is InChI=1S/C13H20N2O/c1-9-2-3-10(6-9)13(16)7-11-8-15-5-4-12(11)14/h4-5,8-10,13,16H,2-3,6-7H2,1H3,(H2,14,15). The van der Waals surface area contributed by atoms with E-state index in [1.54, 1.807) is 18.5 Å². The molecule has 2 rings (SSSR count). The summed E-state index contributed by atoms with van der Waals surface area (Å²) in [7, 11) is 0. The van der Waals surface area contributed by atoms with Gasteiger partial charge in [-0.2, -0.15) is 0 Å². The van der Waals surface area contributed by atoms with E-state index in [4.69, 9.17) is 5.73 Å². The Kier molecular flexibility index (Phi) is 3.44. The molecule has 0 spiro atoms. The molecule has 1 aliphatic rings. The minimum atomic E-state index is -0.267. The third-order valence-electron chi connectivity index (χ3n) is 3.65. The van der Waals surface area contributed by atoms with Crippen molar-refractivity contribution in [2.75, 3.05) is 5.73 Å². The van der Waals surface area contributed by atoms with Crippen molar-refractivity contribution < 1.29 is 5.11 Å². The predicted octanol–water partition coefficient (Wildman–Crippen LogP) is 2.00. The molecule has 3 N–H and O–H groups in total. The highest BCUT2D eigenvalue weighted by atomic mass is 16.3. The Morgan fingerprint density at radius 1 is 1.56 bits per heavy atom. The maximum absolute atomic E-state index is 10.2. The first-order valence-electron chi connectivity index (χ1n) is 6.03. The number of rotatable bonds is 3. The summed E-state index contributed by atoms with van der Waals surface area (Å²) in [6, 6.07) is 1.79. The predicted molar refractivity (Wildman–Crippen MR) is 64.9 cm³/mol. The van der Waals surface area contributed by atoms with Gasteiger partial charge in [-0.05, 0) is 36.3 Å². The molecule has 0 aliphatic heterocycles. The normalized spacial score (nSPS) is 26.9. The lowest BCUT2D eigenvalue weighted by Gasteiger charge is -2.18. The summed E-state index contributed by atoms with van der Waals surface area (Å²) >= 11 is 0. The van der Waals surface area contributed by atoms with Crippen molar-refractivity contribution >= 4 is 5.69 Å². The van der Waals surface area contributed by atoms with Crippen molar-refractivity contribution in [1.29, 1.82) is 0 Å². The lowest BCUT2D eigenvalue weighted by atomic mass is 9.94. The van der Waals surface area contributed by atoms with Crippen LogP contribution in [-0.4, -0.2) is 16.2 Å². The maximum Gasteiger partial charge on any atom is 0.0610 e. The maximum atomic E-state index is 10.2. The number of nitrogens with two attached hydrogens (primary N) is 1. The van der Waals surface area contributed by atoms with Crippen LogP contribution in [0.25, 0.3) is 0 Å². The summed E-state index contributed by atoms with van der Waals surface area (Å²) in [4.78, 5) is 4.05. The van der Waals surface area contributed by atoms with E-state index < -0.39 is 0 Å². The summed E-state index contributed by atoms with van der Waals surface area (Å²) in [5.74, 6) is 1.19. The molecular formula is C13H20N2O. The molecule has 88 valence electrons. The third-order valence-corrected chi connectivity index (χ3v) is 3.65. The number of nitrogens with zero attached hydrogens (tertiary/aromatic N) is 1. The van der Waals surface area contributed by atoms with E-state index in [9.17, 15) is 5.11 Å². The van der Waals surface area contributed by atoms with Crippen LogP contribution in [0, 0.1) is 11.8 Å². The lowest BCUT2D eigenvalue weighted by Crippen LogP contribution is -2.21. The first-order valence-corrected chi connectivity index (χ1v) is 6.03. The molecule has 1 heterocycles. The second-order valence-electron chi connectivity index (χ2n) is 5.02. The molecule has 0 amide bonds. The van der Waals surface area contributed by atoms with Gasteiger partial charge < -0.3 is 10.8 Å². The monoisotopic (exact) mass is 220 g/mol. The average Bonchev–Trinajstić information content (AvgIpc) is 2.68. The molecule has 3 unspecified atom stereocenters. The van der Waals surface area contributed by atoms with E-state index in [1.807, 2.05) is 0 Å². The van der Waals surface area contributed by atoms with Crippen LogP contribution in [0.4, 0.5) is 5.69 Å². The van der Waals surface area contributed by atoms with E-state index in [0.29, 0.717) is 12.3 Å². The fraction of sp³-hybridized carbons (Fsp3) is 0.615. The number of aromatic nitrogens is 1. The minimum Gasteiger partial charge on any atom is -0.398 e. The molecule has 0 saturated heterocycles. The Hall–Kier alpha value is -1.09. The van der Waals surface area contributed by atoms with Crippen LogP contribution in [0.2, 0.25) is 0 Å². The minimum absolute atomic E-state index is 0.267. The Balaban J connectivity index is 1.97. The van der Waals surface area contributed by atoms with Gasteiger partial charge in [-0.3, -0.25) is 4.98 Å². The first kappa shape index (κ1) is 11.4.